The van der Waals surface area contributed by atoms with Gasteiger partial charge in [0.05, 0.1) is 12.4 Å². The zero-order valence-corrected chi connectivity index (χ0v) is 9.68. The first kappa shape index (κ1) is 11.3. The van der Waals surface area contributed by atoms with E-state index in [9.17, 15) is 4.39 Å². The van der Waals surface area contributed by atoms with Gasteiger partial charge < -0.3 is 10.2 Å². The first-order chi connectivity index (χ1) is 8.20. The average molecular weight is 232 g/mol. The topological polar surface area (TPSA) is 41.1 Å². The molecule has 0 radical (unpaired) electrons. The first-order valence-corrected chi connectivity index (χ1v) is 5.20. The molecule has 0 unspecified atom stereocenters. The van der Waals surface area contributed by atoms with Crippen LogP contribution in [0.1, 0.15) is 0 Å². The molecular formula is C12H13FN4. The quantitative estimate of drug-likeness (QED) is 0.882. The standard InChI is InChI=1S/C12H13FN4/c1-14-11-7-15-8-12(16-11)17(2)10-5-3-4-9(13)6-10/h3-8H,1-2H3,(H,14,16). The van der Waals surface area contributed by atoms with Crippen LogP contribution < -0.4 is 10.2 Å². The van der Waals surface area contributed by atoms with E-state index in [-0.39, 0.29) is 5.82 Å². The summed E-state index contributed by atoms with van der Waals surface area (Å²) < 4.78 is 13.1. The van der Waals surface area contributed by atoms with E-state index in [1.54, 1.807) is 30.4 Å². The Morgan fingerprint density at radius 2 is 2.12 bits per heavy atom. The number of nitrogens with zero attached hydrogens (tertiary/aromatic N) is 3. The first-order valence-electron chi connectivity index (χ1n) is 5.20. The van der Waals surface area contributed by atoms with Crippen LogP contribution in [-0.4, -0.2) is 24.1 Å². The van der Waals surface area contributed by atoms with Crippen LogP contribution in [-0.2, 0) is 0 Å². The number of benzene rings is 1. The minimum Gasteiger partial charge on any atom is -0.372 e. The Labute approximate surface area is 99.1 Å². The van der Waals surface area contributed by atoms with Gasteiger partial charge in [0.15, 0.2) is 5.82 Å². The molecular weight excluding hydrogens is 219 g/mol. The monoisotopic (exact) mass is 232 g/mol. The Hall–Kier alpha value is -2.17. The van der Waals surface area contributed by atoms with Gasteiger partial charge in [0.1, 0.15) is 11.6 Å². The van der Waals surface area contributed by atoms with Crippen LogP contribution in [0.5, 0.6) is 0 Å². The zero-order chi connectivity index (χ0) is 12.3. The van der Waals surface area contributed by atoms with E-state index in [2.05, 4.69) is 15.3 Å². The molecule has 0 aliphatic heterocycles. The lowest BCUT2D eigenvalue weighted by Crippen LogP contribution is -2.12. The number of halogens is 1. The second-order valence-electron chi connectivity index (χ2n) is 3.55. The van der Waals surface area contributed by atoms with Crippen LogP contribution in [0.4, 0.5) is 21.7 Å². The Morgan fingerprint density at radius 1 is 1.29 bits per heavy atom. The molecule has 0 aliphatic rings. The van der Waals surface area contributed by atoms with Crippen molar-refractivity contribution >= 4 is 17.3 Å². The Kier molecular flexibility index (Phi) is 3.18. The molecule has 0 saturated carbocycles. The number of hydrogen-bond acceptors (Lipinski definition) is 4. The Morgan fingerprint density at radius 3 is 2.82 bits per heavy atom. The lowest BCUT2D eigenvalue weighted by Gasteiger charge is -2.18. The summed E-state index contributed by atoms with van der Waals surface area (Å²) in [6.07, 6.45) is 3.26. The third-order valence-corrected chi connectivity index (χ3v) is 2.42. The molecule has 0 atom stereocenters. The number of rotatable bonds is 3. The smallest absolute Gasteiger partial charge is 0.153 e. The molecule has 0 saturated heterocycles. The molecule has 0 spiro atoms. The van der Waals surface area contributed by atoms with Crippen molar-refractivity contribution in [3.8, 4) is 0 Å². The van der Waals surface area contributed by atoms with Crippen molar-refractivity contribution in [1.29, 1.82) is 0 Å². The third kappa shape index (κ3) is 2.50. The maximum atomic E-state index is 13.1. The van der Waals surface area contributed by atoms with E-state index >= 15 is 0 Å². The molecule has 2 rings (SSSR count). The predicted molar refractivity (Wildman–Crippen MR) is 66.0 cm³/mol. The second-order valence-corrected chi connectivity index (χ2v) is 3.55. The summed E-state index contributed by atoms with van der Waals surface area (Å²) in [4.78, 5) is 10.2. The van der Waals surface area contributed by atoms with Gasteiger partial charge in [0, 0.05) is 19.8 Å². The SMILES string of the molecule is CNc1cncc(N(C)c2cccc(F)c2)n1. The van der Waals surface area contributed by atoms with Gasteiger partial charge in [-0.2, -0.15) is 0 Å². The van der Waals surface area contributed by atoms with Crippen molar-refractivity contribution in [3.63, 3.8) is 0 Å². The molecule has 2 aromatic rings. The highest BCUT2D eigenvalue weighted by atomic mass is 19.1. The zero-order valence-electron chi connectivity index (χ0n) is 9.68. The lowest BCUT2D eigenvalue weighted by atomic mass is 10.3. The summed E-state index contributed by atoms with van der Waals surface area (Å²) in [5.41, 5.74) is 0.729. The summed E-state index contributed by atoms with van der Waals surface area (Å²) in [6, 6.07) is 6.34. The fourth-order valence-corrected chi connectivity index (χ4v) is 1.45. The highest BCUT2D eigenvalue weighted by Crippen LogP contribution is 2.22. The van der Waals surface area contributed by atoms with Gasteiger partial charge >= 0.3 is 0 Å². The fourth-order valence-electron chi connectivity index (χ4n) is 1.45. The van der Waals surface area contributed by atoms with Gasteiger partial charge in [0.25, 0.3) is 0 Å². The fraction of sp³-hybridized carbons (Fsp3) is 0.167. The highest BCUT2D eigenvalue weighted by Gasteiger charge is 2.07. The molecule has 1 aromatic heterocycles. The molecule has 1 N–H and O–H groups in total. The van der Waals surface area contributed by atoms with Crippen molar-refractivity contribution in [2.24, 2.45) is 0 Å². The van der Waals surface area contributed by atoms with Crippen LogP contribution in [0.2, 0.25) is 0 Å². The van der Waals surface area contributed by atoms with Crippen LogP contribution in [0.25, 0.3) is 0 Å². The molecule has 17 heavy (non-hydrogen) atoms. The van der Waals surface area contributed by atoms with Crippen LogP contribution in [0.3, 0.4) is 0 Å². The molecule has 0 fully saturated rings. The maximum Gasteiger partial charge on any atom is 0.153 e. The Balaban J connectivity index is 2.33. The largest absolute Gasteiger partial charge is 0.372 e. The van der Waals surface area contributed by atoms with Crippen molar-refractivity contribution in [1.82, 2.24) is 9.97 Å². The minimum atomic E-state index is -0.271. The van der Waals surface area contributed by atoms with Crippen molar-refractivity contribution in [2.75, 3.05) is 24.3 Å². The normalized spacial score (nSPS) is 10.1. The molecule has 0 bridgehead atoms. The van der Waals surface area contributed by atoms with Gasteiger partial charge in [-0.1, -0.05) is 6.07 Å². The third-order valence-electron chi connectivity index (χ3n) is 2.42. The van der Waals surface area contributed by atoms with E-state index in [1.807, 2.05) is 13.1 Å². The Bertz CT molecular complexity index is 515. The van der Waals surface area contributed by atoms with Crippen molar-refractivity contribution < 1.29 is 4.39 Å². The number of hydrogen-bond donors (Lipinski definition) is 1. The van der Waals surface area contributed by atoms with Crippen molar-refractivity contribution in [3.05, 3.63) is 42.5 Å². The molecule has 1 heterocycles. The van der Waals surface area contributed by atoms with Crippen molar-refractivity contribution in [2.45, 2.75) is 0 Å². The molecule has 5 heteroatoms. The summed E-state index contributed by atoms with van der Waals surface area (Å²) >= 11 is 0. The molecule has 1 aromatic carbocycles. The van der Waals surface area contributed by atoms with Gasteiger partial charge in [0.2, 0.25) is 0 Å². The molecule has 88 valence electrons. The lowest BCUT2D eigenvalue weighted by molar-refractivity contribution is 0.628. The van der Waals surface area contributed by atoms with Crippen LogP contribution >= 0.6 is 0 Å². The highest BCUT2D eigenvalue weighted by molar-refractivity contribution is 5.59. The second kappa shape index (κ2) is 4.78. The summed E-state index contributed by atoms with van der Waals surface area (Å²) in [5.74, 6) is 1.06. The van der Waals surface area contributed by atoms with E-state index in [4.69, 9.17) is 0 Å². The minimum absolute atomic E-state index is 0.271. The summed E-state index contributed by atoms with van der Waals surface area (Å²) in [5, 5.41) is 2.91. The maximum absolute atomic E-state index is 13.1. The summed E-state index contributed by atoms with van der Waals surface area (Å²) in [6.45, 7) is 0. The van der Waals surface area contributed by atoms with E-state index in [0.29, 0.717) is 11.6 Å². The molecule has 0 aliphatic carbocycles. The number of nitrogens with one attached hydrogen (secondary N) is 1. The average Bonchev–Trinajstić information content (AvgIpc) is 2.38. The molecule has 0 amide bonds. The summed E-state index contributed by atoms with van der Waals surface area (Å²) in [7, 11) is 3.59. The van der Waals surface area contributed by atoms with Crippen LogP contribution in [0, 0.1) is 5.82 Å². The van der Waals surface area contributed by atoms with E-state index in [0.717, 1.165) is 5.69 Å². The van der Waals surface area contributed by atoms with Gasteiger partial charge in [-0.15, -0.1) is 0 Å². The van der Waals surface area contributed by atoms with Gasteiger partial charge in [-0.3, -0.25) is 4.98 Å². The number of aromatic nitrogens is 2. The van der Waals surface area contributed by atoms with Gasteiger partial charge in [-0.25, -0.2) is 9.37 Å². The van der Waals surface area contributed by atoms with Crippen LogP contribution in [0.15, 0.2) is 36.7 Å². The van der Waals surface area contributed by atoms with Gasteiger partial charge in [-0.05, 0) is 18.2 Å². The molecule has 4 nitrogen and oxygen atoms in total. The predicted octanol–water partition coefficient (Wildman–Crippen LogP) is 2.43. The van der Waals surface area contributed by atoms with E-state index < -0.39 is 0 Å². The van der Waals surface area contributed by atoms with E-state index in [1.165, 1.54) is 12.1 Å². The number of anilines is 3.